The molecular weight excluding hydrogens is 219 g/mol. The first-order valence-corrected chi connectivity index (χ1v) is 4.83. The minimum absolute atomic E-state index is 0.287. The lowest BCUT2D eigenvalue weighted by Crippen LogP contribution is -2.18. The van der Waals surface area contributed by atoms with Crippen molar-refractivity contribution >= 4 is 23.2 Å². The van der Waals surface area contributed by atoms with E-state index >= 15 is 0 Å². The van der Waals surface area contributed by atoms with Gasteiger partial charge in [0.25, 0.3) is 0 Å². The van der Waals surface area contributed by atoms with Crippen LogP contribution in [0, 0.1) is 11.3 Å². The average molecular weight is 229 g/mol. The fraction of sp³-hybridized carbons (Fsp3) is 0.300. The molecule has 1 atom stereocenters. The molecule has 1 aromatic carbocycles. The molecule has 74 valence electrons. The molecule has 1 unspecified atom stereocenters. The van der Waals surface area contributed by atoms with E-state index in [0.717, 1.165) is 5.56 Å². The van der Waals surface area contributed by atoms with E-state index in [4.69, 9.17) is 28.5 Å². The minimum Gasteiger partial charge on any atom is -0.291 e. The summed E-state index contributed by atoms with van der Waals surface area (Å²) in [4.78, 5) is 1.82. The topological polar surface area (TPSA) is 27.0 Å². The largest absolute Gasteiger partial charge is 0.291 e. The van der Waals surface area contributed by atoms with Gasteiger partial charge in [0.2, 0.25) is 0 Å². The van der Waals surface area contributed by atoms with Gasteiger partial charge in [-0.05, 0) is 31.8 Å². The molecule has 0 aliphatic heterocycles. The Morgan fingerprint density at radius 2 is 1.93 bits per heavy atom. The van der Waals surface area contributed by atoms with Crippen molar-refractivity contribution in [1.29, 1.82) is 5.26 Å². The predicted octanol–water partition coefficient (Wildman–Crippen LogP) is 3.12. The van der Waals surface area contributed by atoms with Crippen LogP contribution in [0.1, 0.15) is 11.6 Å². The van der Waals surface area contributed by atoms with Crippen molar-refractivity contribution in [3.05, 3.63) is 33.8 Å². The summed E-state index contributed by atoms with van der Waals surface area (Å²) >= 11 is 11.6. The molecule has 0 aliphatic carbocycles. The highest BCUT2D eigenvalue weighted by Gasteiger charge is 2.13. The first-order valence-electron chi connectivity index (χ1n) is 4.07. The molecule has 0 spiro atoms. The number of nitrogens with zero attached hydrogens (tertiary/aromatic N) is 2. The quantitative estimate of drug-likeness (QED) is 0.778. The number of halogens is 2. The standard InChI is InChI=1S/C10H10Cl2N2/c1-14(2)10(6-13)7-3-4-8(11)9(12)5-7/h3-5,10H,1-2H3. The summed E-state index contributed by atoms with van der Waals surface area (Å²) in [5.41, 5.74) is 0.854. The van der Waals surface area contributed by atoms with Crippen LogP contribution in [-0.4, -0.2) is 19.0 Å². The van der Waals surface area contributed by atoms with Crippen LogP contribution in [0.2, 0.25) is 10.0 Å². The average Bonchev–Trinajstić information content (AvgIpc) is 2.11. The fourth-order valence-corrected chi connectivity index (χ4v) is 1.48. The Morgan fingerprint density at radius 1 is 1.29 bits per heavy atom. The highest BCUT2D eigenvalue weighted by Crippen LogP contribution is 2.26. The maximum absolute atomic E-state index is 8.94. The van der Waals surface area contributed by atoms with Crippen molar-refractivity contribution in [3.8, 4) is 6.07 Å². The molecule has 14 heavy (non-hydrogen) atoms. The van der Waals surface area contributed by atoms with Crippen molar-refractivity contribution in [3.63, 3.8) is 0 Å². The first kappa shape index (κ1) is 11.3. The second kappa shape index (κ2) is 4.65. The number of rotatable bonds is 2. The molecule has 1 rings (SSSR count). The van der Waals surface area contributed by atoms with E-state index in [2.05, 4.69) is 6.07 Å². The zero-order chi connectivity index (χ0) is 10.7. The molecule has 1 aromatic rings. The highest BCUT2D eigenvalue weighted by molar-refractivity contribution is 6.42. The van der Waals surface area contributed by atoms with E-state index in [9.17, 15) is 0 Å². The summed E-state index contributed by atoms with van der Waals surface area (Å²) in [5, 5.41) is 9.93. The van der Waals surface area contributed by atoms with Gasteiger partial charge in [-0.25, -0.2) is 0 Å². The van der Waals surface area contributed by atoms with E-state index in [-0.39, 0.29) is 6.04 Å². The molecule has 2 nitrogen and oxygen atoms in total. The van der Waals surface area contributed by atoms with Gasteiger partial charge in [0.15, 0.2) is 0 Å². The molecule has 0 radical (unpaired) electrons. The molecule has 0 aliphatic rings. The Bertz CT molecular complexity index is 369. The Balaban J connectivity index is 3.08. The maximum Gasteiger partial charge on any atom is 0.123 e. The van der Waals surface area contributed by atoms with Crippen LogP contribution < -0.4 is 0 Å². The van der Waals surface area contributed by atoms with Crippen molar-refractivity contribution in [1.82, 2.24) is 4.90 Å². The number of nitriles is 1. The molecule has 0 aromatic heterocycles. The van der Waals surface area contributed by atoms with E-state index in [1.807, 2.05) is 25.1 Å². The monoisotopic (exact) mass is 228 g/mol. The number of benzene rings is 1. The van der Waals surface area contributed by atoms with Gasteiger partial charge in [-0.15, -0.1) is 0 Å². The summed E-state index contributed by atoms with van der Waals surface area (Å²) in [6.07, 6.45) is 0. The summed E-state index contributed by atoms with van der Waals surface area (Å²) in [6.45, 7) is 0. The van der Waals surface area contributed by atoms with Gasteiger partial charge in [0.05, 0.1) is 16.1 Å². The Labute approximate surface area is 93.7 Å². The normalized spacial score (nSPS) is 12.6. The lowest BCUT2D eigenvalue weighted by molar-refractivity contribution is 0.358. The highest BCUT2D eigenvalue weighted by atomic mass is 35.5. The van der Waals surface area contributed by atoms with Gasteiger partial charge in [0, 0.05) is 0 Å². The third kappa shape index (κ3) is 2.39. The van der Waals surface area contributed by atoms with Crippen molar-refractivity contribution in [2.75, 3.05) is 14.1 Å². The smallest absolute Gasteiger partial charge is 0.123 e. The van der Waals surface area contributed by atoms with E-state index in [1.165, 1.54) is 0 Å². The molecule has 0 amide bonds. The minimum atomic E-state index is -0.287. The van der Waals surface area contributed by atoms with Gasteiger partial charge in [-0.1, -0.05) is 29.3 Å². The van der Waals surface area contributed by atoms with Crippen molar-refractivity contribution < 1.29 is 0 Å². The zero-order valence-electron chi connectivity index (χ0n) is 7.96. The van der Waals surface area contributed by atoms with Crippen molar-refractivity contribution in [2.24, 2.45) is 0 Å². The van der Waals surface area contributed by atoms with Gasteiger partial charge in [-0.3, -0.25) is 4.90 Å². The summed E-state index contributed by atoms with van der Waals surface area (Å²) in [7, 11) is 3.69. The molecule has 0 heterocycles. The Kier molecular flexibility index (Phi) is 3.77. The molecule has 0 bridgehead atoms. The molecule has 0 saturated heterocycles. The van der Waals surface area contributed by atoms with Crippen LogP contribution in [0.4, 0.5) is 0 Å². The molecule has 0 fully saturated rings. The van der Waals surface area contributed by atoms with Gasteiger partial charge < -0.3 is 0 Å². The summed E-state index contributed by atoms with van der Waals surface area (Å²) in [5.74, 6) is 0. The number of hydrogen-bond donors (Lipinski definition) is 0. The molecule has 0 N–H and O–H groups in total. The van der Waals surface area contributed by atoms with Crippen LogP contribution in [0.25, 0.3) is 0 Å². The lowest BCUT2D eigenvalue weighted by Gasteiger charge is -2.17. The number of hydrogen-bond acceptors (Lipinski definition) is 2. The van der Waals surface area contributed by atoms with Gasteiger partial charge >= 0.3 is 0 Å². The van der Waals surface area contributed by atoms with E-state index in [0.29, 0.717) is 10.0 Å². The van der Waals surface area contributed by atoms with Gasteiger partial charge in [0.1, 0.15) is 6.04 Å². The first-order chi connectivity index (χ1) is 6.56. The van der Waals surface area contributed by atoms with Gasteiger partial charge in [-0.2, -0.15) is 5.26 Å². The predicted molar refractivity (Wildman–Crippen MR) is 58.5 cm³/mol. The lowest BCUT2D eigenvalue weighted by atomic mass is 10.1. The summed E-state index contributed by atoms with van der Waals surface area (Å²) < 4.78 is 0. The van der Waals surface area contributed by atoms with Crippen LogP contribution in [0.15, 0.2) is 18.2 Å². The third-order valence-corrected chi connectivity index (χ3v) is 2.64. The Hall–Kier alpha value is -0.750. The molecular formula is C10H10Cl2N2. The molecule has 0 saturated carbocycles. The van der Waals surface area contributed by atoms with Crippen LogP contribution in [-0.2, 0) is 0 Å². The second-order valence-corrected chi connectivity index (χ2v) is 3.98. The van der Waals surface area contributed by atoms with E-state index in [1.54, 1.807) is 12.1 Å². The maximum atomic E-state index is 8.94. The fourth-order valence-electron chi connectivity index (χ4n) is 1.17. The molecule has 4 heteroatoms. The third-order valence-electron chi connectivity index (χ3n) is 1.90. The summed E-state index contributed by atoms with van der Waals surface area (Å²) in [6, 6.07) is 7.13. The van der Waals surface area contributed by atoms with E-state index < -0.39 is 0 Å². The van der Waals surface area contributed by atoms with Crippen LogP contribution in [0.3, 0.4) is 0 Å². The SMILES string of the molecule is CN(C)C(C#N)c1ccc(Cl)c(Cl)c1. The van der Waals surface area contributed by atoms with Crippen LogP contribution in [0.5, 0.6) is 0 Å². The second-order valence-electron chi connectivity index (χ2n) is 3.17. The zero-order valence-corrected chi connectivity index (χ0v) is 9.47. The van der Waals surface area contributed by atoms with Crippen LogP contribution >= 0.6 is 23.2 Å². The Morgan fingerprint density at radius 3 is 2.36 bits per heavy atom. The van der Waals surface area contributed by atoms with Crippen molar-refractivity contribution in [2.45, 2.75) is 6.04 Å².